The van der Waals surface area contributed by atoms with Crippen LogP contribution in [0.15, 0.2) is 24.3 Å². The molecule has 1 aliphatic heterocycles. The Morgan fingerprint density at radius 3 is 2.91 bits per heavy atom. The lowest BCUT2D eigenvalue weighted by molar-refractivity contribution is -0.0615. The molecule has 3 rings (SSSR count). The smallest absolute Gasteiger partial charge is 0.253 e. The highest BCUT2D eigenvalue weighted by Crippen LogP contribution is 2.24. The summed E-state index contributed by atoms with van der Waals surface area (Å²) >= 11 is 0. The van der Waals surface area contributed by atoms with Crippen LogP contribution in [0.1, 0.15) is 42.7 Å². The first-order valence-electron chi connectivity index (χ1n) is 7.86. The molecular weight excluding hydrogens is 295 g/mol. The monoisotopic (exact) mass is 316 g/mol. The Kier molecular flexibility index (Phi) is 4.06. The van der Waals surface area contributed by atoms with Crippen LogP contribution in [-0.2, 0) is 4.74 Å². The maximum absolute atomic E-state index is 13.3. The molecule has 122 valence electrons. The Morgan fingerprint density at radius 1 is 1.39 bits per heavy atom. The van der Waals surface area contributed by atoms with Gasteiger partial charge < -0.3 is 10.1 Å². The quantitative estimate of drug-likeness (QED) is 0.924. The third kappa shape index (κ3) is 3.50. The minimum atomic E-state index is -0.328. The van der Waals surface area contributed by atoms with Gasteiger partial charge in [0, 0.05) is 24.1 Å². The number of pyridine rings is 1. The van der Waals surface area contributed by atoms with Gasteiger partial charge in [0.2, 0.25) is 0 Å². The maximum Gasteiger partial charge on any atom is 0.253 e. The number of nitrogens with one attached hydrogen (secondary N) is 1. The van der Waals surface area contributed by atoms with Gasteiger partial charge in [-0.25, -0.2) is 4.39 Å². The highest BCUT2D eigenvalue weighted by Gasteiger charge is 2.30. The second-order valence-corrected chi connectivity index (χ2v) is 6.73. The minimum Gasteiger partial charge on any atom is -0.375 e. The zero-order valence-corrected chi connectivity index (χ0v) is 13.6. The van der Waals surface area contributed by atoms with E-state index >= 15 is 0 Å². The van der Waals surface area contributed by atoms with Crippen LogP contribution in [0.4, 0.5) is 4.39 Å². The van der Waals surface area contributed by atoms with Gasteiger partial charge in [-0.05, 0) is 51.8 Å². The number of benzene rings is 1. The molecule has 1 N–H and O–H groups in total. The van der Waals surface area contributed by atoms with E-state index in [1.54, 1.807) is 19.1 Å². The molecule has 1 saturated heterocycles. The summed E-state index contributed by atoms with van der Waals surface area (Å²) in [7, 11) is 0. The molecule has 1 amide bonds. The van der Waals surface area contributed by atoms with Crippen LogP contribution in [0.5, 0.6) is 0 Å². The molecule has 1 unspecified atom stereocenters. The van der Waals surface area contributed by atoms with Gasteiger partial charge >= 0.3 is 0 Å². The van der Waals surface area contributed by atoms with Crippen molar-refractivity contribution in [2.24, 2.45) is 0 Å². The lowest BCUT2D eigenvalue weighted by atomic mass is 9.93. The van der Waals surface area contributed by atoms with Crippen LogP contribution in [0, 0.1) is 12.7 Å². The highest BCUT2D eigenvalue weighted by molar-refractivity contribution is 5.98. The Bertz CT molecular complexity index is 758. The molecule has 1 aliphatic rings. The van der Waals surface area contributed by atoms with Crippen molar-refractivity contribution in [3.05, 3.63) is 41.3 Å². The summed E-state index contributed by atoms with van der Waals surface area (Å²) in [4.78, 5) is 16.9. The molecule has 1 aromatic heterocycles. The molecule has 0 bridgehead atoms. The van der Waals surface area contributed by atoms with Gasteiger partial charge in [0.15, 0.2) is 0 Å². The van der Waals surface area contributed by atoms with Gasteiger partial charge in [-0.1, -0.05) is 0 Å². The normalized spacial score (nSPS) is 20.4. The molecule has 1 fully saturated rings. The van der Waals surface area contributed by atoms with Crippen molar-refractivity contribution in [2.45, 2.75) is 45.3 Å². The Labute approximate surface area is 135 Å². The van der Waals surface area contributed by atoms with E-state index in [1.807, 2.05) is 13.8 Å². The van der Waals surface area contributed by atoms with Crippen molar-refractivity contribution < 1.29 is 13.9 Å². The SMILES string of the molecule is Cc1nc2cc(F)ccc2cc1C(=O)NC1CCOC(C)(C)C1. The zero-order chi connectivity index (χ0) is 16.6. The Morgan fingerprint density at radius 2 is 2.17 bits per heavy atom. The number of halogens is 1. The van der Waals surface area contributed by atoms with E-state index in [4.69, 9.17) is 4.74 Å². The number of fused-ring (bicyclic) bond motifs is 1. The number of aromatic nitrogens is 1. The number of carbonyl (C=O) groups is 1. The molecular formula is C18H21FN2O2. The predicted molar refractivity (Wildman–Crippen MR) is 87.0 cm³/mol. The standard InChI is InChI=1S/C18H21FN2O2/c1-11-15(8-12-4-5-13(19)9-16(12)20-11)17(22)21-14-6-7-23-18(2,3)10-14/h4-5,8-9,14H,6-7,10H2,1-3H3,(H,21,22). The fraction of sp³-hybridized carbons (Fsp3) is 0.444. The van der Waals surface area contributed by atoms with Gasteiger partial charge in [0.1, 0.15) is 5.82 Å². The minimum absolute atomic E-state index is 0.0922. The predicted octanol–water partition coefficient (Wildman–Crippen LogP) is 3.37. The van der Waals surface area contributed by atoms with Crippen LogP contribution in [0.3, 0.4) is 0 Å². The van der Waals surface area contributed by atoms with E-state index in [9.17, 15) is 9.18 Å². The molecule has 2 heterocycles. The van der Waals surface area contributed by atoms with Gasteiger partial charge in [-0.3, -0.25) is 9.78 Å². The summed E-state index contributed by atoms with van der Waals surface area (Å²) in [5.41, 5.74) is 1.48. The van der Waals surface area contributed by atoms with Crippen LogP contribution in [-0.4, -0.2) is 29.1 Å². The summed E-state index contributed by atoms with van der Waals surface area (Å²) < 4.78 is 19.0. The van der Waals surface area contributed by atoms with Gasteiger partial charge in [0.05, 0.1) is 22.4 Å². The molecule has 2 aromatic rings. The Balaban J connectivity index is 1.83. The van der Waals surface area contributed by atoms with Crippen LogP contribution >= 0.6 is 0 Å². The molecule has 1 aromatic carbocycles. The lowest BCUT2D eigenvalue weighted by Gasteiger charge is -2.35. The molecule has 5 heteroatoms. The van der Waals surface area contributed by atoms with E-state index in [0.717, 1.165) is 18.2 Å². The third-order valence-corrected chi connectivity index (χ3v) is 4.25. The summed E-state index contributed by atoms with van der Waals surface area (Å²) in [5, 5.41) is 3.83. The van der Waals surface area contributed by atoms with E-state index in [0.29, 0.717) is 23.4 Å². The van der Waals surface area contributed by atoms with E-state index < -0.39 is 0 Å². The number of amides is 1. The number of hydrogen-bond donors (Lipinski definition) is 1. The van der Waals surface area contributed by atoms with Crippen molar-refractivity contribution in [2.75, 3.05) is 6.61 Å². The number of aryl methyl sites for hydroxylation is 1. The van der Waals surface area contributed by atoms with Crippen molar-refractivity contribution in [3.8, 4) is 0 Å². The Hall–Kier alpha value is -2.01. The molecule has 0 radical (unpaired) electrons. The molecule has 0 saturated carbocycles. The fourth-order valence-corrected chi connectivity index (χ4v) is 3.08. The molecule has 0 spiro atoms. The van der Waals surface area contributed by atoms with Crippen molar-refractivity contribution in [1.29, 1.82) is 0 Å². The number of nitrogens with zero attached hydrogens (tertiary/aromatic N) is 1. The second-order valence-electron chi connectivity index (χ2n) is 6.73. The molecule has 4 nitrogen and oxygen atoms in total. The highest BCUT2D eigenvalue weighted by atomic mass is 19.1. The topological polar surface area (TPSA) is 51.2 Å². The van der Waals surface area contributed by atoms with Crippen LogP contribution in [0.2, 0.25) is 0 Å². The number of ether oxygens (including phenoxy) is 1. The second kappa shape index (κ2) is 5.89. The summed E-state index contributed by atoms with van der Waals surface area (Å²) in [6.45, 7) is 6.48. The lowest BCUT2D eigenvalue weighted by Crippen LogP contribution is -2.46. The number of rotatable bonds is 2. The van der Waals surface area contributed by atoms with E-state index in [2.05, 4.69) is 10.3 Å². The molecule has 23 heavy (non-hydrogen) atoms. The molecule has 0 aliphatic carbocycles. The largest absolute Gasteiger partial charge is 0.375 e. The number of hydrogen-bond acceptors (Lipinski definition) is 3. The number of carbonyl (C=O) groups excluding carboxylic acids is 1. The maximum atomic E-state index is 13.3. The van der Waals surface area contributed by atoms with Gasteiger partial charge in [0.25, 0.3) is 5.91 Å². The average molecular weight is 316 g/mol. The molecule has 1 atom stereocenters. The van der Waals surface area contributed by atoms with Crippen LogP contribution < -0.4 is 5.32 Å². The zero-order valence-electron chi connectivity index (χ0n) is 13.6. The fourth-order valence-electron chi connectivity index (χ4n) is 3.08. The van der Waals surface area contributed by atoms with E-state index in [1.165, 1.54) is 12.1 Å². The average Bonchev–Trinajstić information content (AvgIpc) is 2.45. The van der Waals surface area contributed by atoms with Crippen LogP contribution in [0.25, 0.3) is 10.9 Å². The third-order valence-electron chi connectivity index (χ3n) is 4.25. The summed E-state index contributed by atoms with van der Waals surface area (Å²) in [6.07, 6.45) is 1.59. The van der Waals surface area contributed by atoms with Crippen molar-refractivity contribution >= 4 is 16.8 Å². The van der Waals surface area contributed by atoms with E-state index in [-0.39, 0.29) is 23.4 Å². The first-order valence-corrected chi connectivity index (χ1v) is 7.86. The van der Waals surface area contributed by atoms with Gasteiger partial charge in [-0.15, -0.1) is 0 Å². The first-order chi connectivity index (χ1) is 10.8. The first kappa shape index (κ1) is 15.9. The summed E-state index contributed by atoms with van der Waals surface area (Å²) in [5.74, 6) is -0.463. The van der Waals surface area contributed by atoms with Crippen molar-refractivity contribution in [1.82, 2.24) is 10.3 Å². The van der Waals surface area contributed by atoms with Crippen molar-refractivity contribution in [3.63, 3.8) is 0 Å². The van der Waals surface area contributed by atoms with Gasteiger partial charge in [-0.2, -0.15) is 0 Å². The summed E-state index contributed by atoms with van der Waals surface area (Å²) in [6, 6.07) is 6.27.